The topological polar surface area (TPSA) is 248 Å². The monoisotopic (exact) mass is 912 g/mol. The minimum atomic E-state index is -4.98. The van der Waals surface area contributed by atoms with Crippen molar-refractivity contribution in [1.29, 1.82) is 0 Å². The van der Waals surface area contributed by atoms with E-state index in [1.165, 1.54) is 32.2 Å². The first-order chi connectivity index (χ1) is 30.2. The van der Waals surface area contributed by atoms with Crippen molar-refractivity contribution in [3.8, 4) is 39.8 Å². The number of para-hydroxylation sites is 1. The van der Waals surface area contributed by atoms with Crippen molar-refractivity contribution < 1.29 is 45.7 Å². The molecule has 2 heterocycles. The van der Waals surface area contributed by atoms with Crippen molar-refractivity contribution in [2.75, 3.05) is 33.6 Å². The van der Waals surface area contributed by atoms with E-state index >= 15 is 8.42 Å². The summed E-state index contributed by atoms with van der Waals surface area (Å²) in [5.74, 6) is -0.167. The maximum atomic E-state index is 15.9. The summed E-state index contributed by atoms with van der Waals surface area (Å²) in [6.45, 7) is -0.968. The number of primary amides is 1. The molecule has 0 aliphatic heterocycles. The molecule has 0 unspecified atom stereocenters. The van der Waals surface area contributed by atoms with E-state index in [1.807, 2.05) is 0 Å². The highest BCUT2D eigenvalue weighted by molar-refractivity contribution is 7.93. The van der Waals surface area contributed by atoms with E-state index < -0.39 is 53.9 Å². The second-order valence-electron chi connectivity index (χ2n) is 13.9. The van der Waals surface area contributed by atoms with Gasteiger partial charge in [-0.15, -0.1) is 21.5 Å². The molecule has 0 saturated carbocycles. The summed E-state index contributed by atoms with van der Waals surface area (Å²) in [6, 6.07) is 28.1. The first-order valence-electron chi connectivity index (χ1n) is 18.9. The van der Waals surface area contributed by atoms with Crippen LogP contribution in [-0.4, -0.2) is 97.1 Å². The van der Waals surface area contributed by atoms with Gasteiger partial charge in [0, 0.05) is 25.2 Å². The maximum Gasteiger partial charge on any atom is 0.404 e. The van der Waals surface area contributed by atoms with Gasteiger partial charge in [-0.05, 0) is 76.0 Å². The van der Waals surface area contributed by atoms with E-state index in [9.17, 15) is 23.1 Å². The summed E-state index contributed by atoms with van der Waals surface area (Å²) in [6.07, 6.45) is -1.47. The fourth-order valence-electron chi connectivity index (χ4n) is 6.71. The summed E-state index contributed by atoms with van der Waals surface area (Å²) < 4.78 is 78.3. The van der Waals surface area contributed by atoms with Crippen LogP contribution in [0, 0.1) is 0 Å². The number of carbonyl (C=O) groups is 2. The molecule has 2 amide bonds. The van der Waals surface area contributed by atoms with Crippen LogP contribution in [0.25, 0.3) is 32.7 Å². The standard InChI is InChI=1S/C42H40N8O10S3/c1-58-29-13-7-26(8-14-29)23-49(24-27-9-15-30(59-2)16-10-27)63(56,57)38-35(62(54,55)22-21-44-42(52)53)20-19-32(33-5-4-6-34-37(33)45-41(61-34)39(43)51)36(38)40-46-48-50(47-40)25-28-11-17-31(60-3)18-12-28/h4-20,44H,21-25H2,1-3H3,(H2,43,51)(H,52,53). The number of fused-ring (bicyclic) bond motifs is 1. The van der Waals surface area contributed by atoms with Crippen LogP contribution in [0.5, 0.6) is 17.2 Å². The zero-order valence-electron chi connectivity index (χ0n) is 34.0. The number of aromatic nitrogens is 5. The molecule has 5 aromatic carbocycles. The molecule has 18 nitrogen and oxygen atoms in total. The molecule has 0 saturated heterocycles. The molecule has 7 aromatic rings. The number of amides is 2. The minimum absolute atomic E-state index is 0.00862. The lowest BCUT2D eigenvalue weighted by Gasteiger charge is -2.26. The molecular formula is C42H40N8O10S3. The third-order valence-electron chi connectivity index (χ3n) is 9.82. The molecular weight excluding hydrogens is 873 g/mol. The first-order valence-corrected chi connectivity index (χ1v) is 22.8. The van der Waals surface area contributed by atoms with Gasteiger partial charge in [0.1, 0.15) is 22.1 Å². The van der Waals surface area contributed by atoms with Crippen LogP contribution >= 0.6 is 11.3 Å². The number of carbonyl (C=O) groups excluding carboxylic acids is 1. The van der Waals surface area contributed by atoms with Gasteiger partial charge in [0.25, 0.3) is 5.91 Å². The average molecular weight is 913 g/mol. The molecule has 0 radical (unpaired) electrons. The van der Waals surface area contributed by atoms with Crippen LogP contribution in [-0.2, 0) is 39.5 Å². The summed E-state index contributed by atoms with van der Waals surface area (Å²) in [5.41, 5.74) is 7.94. The van der Waals surface area contributed by atoms with E-state index in [1.54, 1.807) is 91.0 Å². The number of benzene rings is 5. The summed E-state index contributed by atoms with van der Waals surface area (Å²) in [4.78, 5) is 28.2. The lowest BCUT2D eigenvalue weighted by atomic mass is 9.98. The molecule has 4 N–H and O–H groups in total. The Morgan fingerprint density at radius 2 is 1.35 bits per heavy atom. The van der Waals surface area contributed by atoms with Crippen molar-refractivity contribution in [2.24, 2.45) is 5.73 Å². The SMILES string of the molecule is COc1ccc(CN(Cc2ccc(OC)cc2)S(=O)(=O)c2c(S(=O)(=O)CCNC(=O)O)ccc(-c3cccc4sc(C(N)=O)nc34)c2-c2nnn(Cc3ccc(OC)cc3)n2)cc1. The van der Waals surface area contributed by atoms with E-state index in [0.717, 1.165) is 27.3 Å². The van der Waals surface area contributed by atoms with E-state index in [-0.39, 0.29) is 47.1 Å². The van der Waals surface area contributed by atoms with Gasteiger partial charge in [-0.25, -0.2) is 26.6 Å². The van der Waals surface area contributed by atoms with Crippen LogP contribution in [0.3, 0.4) is 0 Å². The van der Waals surface area contributed by atoms with Crippen LogP contribution in [0.4, 0.5) is 4.79 Å². The molecule has 0 fully saturated rings. The van der Waals surface area contributed by atoms with Crippen LogP contribution < -0.4 is 25.3 Å². The lowest BCUT2D eigenvalue weighted by molar-refractivity contribution is 0.1000. The van der Waals surface area contributed by atoms with Gasteiger partial charge in [-0.3, -0.25) is 4.79 Å². The second kappa shape index (κ2) is 18.6. The molecule has 0 aliphatic carbocycles. The highest BCUT2D eigenvalue weighted by Gasteiger charge is 2.38. The smallest absolute Gasteiger partial charge is 0.404 e. The van der Waals surface area contributed by atoms with Gasteiger partial charge < -0.3 is 30.4 Å². The third kappa shape index (κ3) is 9.75. The van der Waals surface area contributed by atoms with E-state index in [4.69, 9.17) is 19.9 Å². The fraction of sp³-hybridized carbons (Fsp3) is 0.190. The van der Waals surface area contributed by atoms with Gasteiger partial charge >= 0.3 is 6.09 Å². The van der Waals surface area contributed by atoms with Crippen LogP contribution in [0.1, 0.15) is 26.5 Å². The Morgan fingerprint density at radius 3 is 1.89 bits per heavy atom. The number of rotatable bonds is 18. The quantitative estimate of drug-likeness (QED) is 0.0999. The maximum absolute atomic E-state index is 15.9. The van der Waals surface area contributed by atoms with Gasteiger partial charge in [-0.2, -0.15) is 9.10 Å². The molecule has 326 valence electrons. The number of nitrogens with two attached hydrogens (primary N) is 1. The number of carboxylic acid groups (broad SMARTS) is 1. The van der Waals surface area contributed by atoms with Crippen molar-refractivity contribution in [2.45, 2.75) is 29.4 Å². The number of nitrogens with zero attached hydrogens (tertiary/aromatic N) is 6. The number of sulfonamides is 1. The molecule has 0 aliphatic rings. The summed E-state index contributed by atoms with van der Waals surface area (Å²) in [5, 5.41) is 24.6. The average Bonchev–Trinajstić information content (AvgIpc) is 3.94. The molecule has 0 atom stereocenters. The number of sulfone groups is 1. The second-order valence-corrected chi connectivity index (χ2v) is 18.8. The van der Waals surface area contributed by atoms with E-state index in [0.29, 0.717) is 38.6 Å². The number of hydrogen-bond donors (Lipinski definition) is 3. The van der Waals surface area contributed by atoms with Crippen molar-refractivity contribution in [3.63, 3.8) is 0 Å². The predicted octanol–water partition coefficient (Wildman–Crippen LogP) is 5.22. The number of thiazole rings is 1. The van der Waals surface area contributed by atoms with Crippen molar-refractivity contribution >= 4 is 53.4 Å². The Bertz CT molecular complexity index is 2960. The van der Waals surface area contributed by atoms with Crippen molar-refractivity contribution in [3.05, 3.63) is 125 Å². The number of ether oxygens (including phenoxy) is 3. The molecule has 63 heavy (non-hydrogen) atoms. The fourth-order valence-corrected chi connectivity index (χ4v) is 11.2. The van der Waals surface area contributed by atoms with Crippen LogP contribution in [0.15, 0.2) is 113 Å². The zero-order chi connectivity index (χ0) is 44.9. The molecule has 0 bridgehead atoms. The van der Waals surface area contributed by atoms with Gasteiger partial charge in [0.2, 0.25) is 15.8 Å². The van der Waals surface area contributed by atoms with Gasteiger partial charge in [0.15, 0.2) is 14.8 Å². The van der Waals surface area contributed by atoms with Gasteiger partial charge in [0.05, 0.1) is 54.3 Å². The largest absolute Gasteiger partial charge is 0.497 e. The van der Waals surface area contributed by atoms with Crippen molar-refractivity contribution in [1.82, 2.24) is 34.8 Å². The number of nitrogens with one attached hydrogen (secondary N) is 1. The Morgan fingerprint density at radius 1 is 0.778 bits per heavy atom. The Kier molecular flexibility index (Phi) is 13.0. The molecule has 0 spiro atoms. The Labute approximate surface area is 365 Å². The first kappa shape index (κ1) is 44.1. The van der Waals surface area contributed by atoms with E-state index in [2.05, 4.69) is 25.7 Å². The van der Waals surface area contributed by atoms with Gasteiger partial charge in [-0.1, -0.05) is 54.6 Å². The normalized spacial score (nSPS) is 11.7. The Hall–Kier alpha value is -6.94. The highest BCUT2D eigenvalue weighted by Crippen LogP contribution is 2.44. The predicted molar refractivity (Wildman–Crippen MR) is 233 cm³/mol. The molecule has 21 heteroatoms. The third-order valence-corrected chi connectivity index (χ3v) is 14.6. The lowest BCUT2D eigenvalue weighted by Crippen LogP contribution is -2.33. The summed E-state index contributed by atoms with van der Waals surface area (Å²) >= 11 is 1.03. The highest BCUT2D eigenvalue weighted by atomic mass is 32.2. The number of tetrazole rings is 1. The Balaban J connectivity index is 1.52. The molecule has 7 rings (SSSR count). The zero-order valence-corrected chi connectivity index (χ0v) is 36.4. The number of hydrogen-bond acceptors (Lipinski definition) is 14. The minimum Gasteiger partial charge on any atom is -0.497 e. The van der Waals surface area contributed by atoms with Crippen LogP contribution in [0.2, 0.25) is 0 Å². The molecule has 2 aromatic heterocycles. The number of methoxy groups -OCH3 is 3. The summed E-state index contributed by atoms with van der Waals surface area (Å²) in [7, 11) is -5.07.